The van der Waals surface area contributed by atoms with Crippen LogP contribution in [-0.2, 0) is 4.74 Å². The number of hydrogen-bond acceptors (Lipinski definition) is 2. The van der Waals surface area contributed by atoms with Crippen molar-refractivity contribution in [2.75, 3.05) is 13.1 Å². The van der Waals surface area contributed by atoms with Crippen molar-refractivity contribution >= 4 is 0 Å². The molecule has 2 saturated heterocycles. The lowest BCUT2D eigenvalue weighted by atomic mass is 10.1. The highest BCUT2D eigenvalue weighted by Gasteiger charge is 2.25. The lowest BCUT2D eigenvalue weighted by Gasteiger charge is -2.17. The fraction of sp³-hybridized carbons (Fsp3) is 1.00. The number of nitrogens with one attached hydrogen (secondary N) is 1. The van der Waals surface area contributed by atoms with Gasteiger partial charge in [-0.2, -0.15) is 0 Å². The molecule has 2 heterocycles. The molecule has 0 amide bonds. The molecule has 2 aliphatic heterocycles. The minimum absolute atomic E-state index is 0.533. The Bertz CT molecular complexity index is 104. The molecule has 0 aromatic rings. The van der Waals surface area contributed by atoms with Crippen LogP contribution in [0.15, 0.2) is 0 Å². The number of fused-ring (bicyclic) bond motifs is 2. The zero-order valence-corrected chi connectivity index (χ0v) is 6.31. The number of rotatable bonds is 0. The summed E-state index contributed by atoms with van der Waals surface area (Å²) in [6, 6.07) is 0. The highest BCUT2D eigenvalue weighted by Crippen LogP contribution is 2.23. The average Bonchev–Trinajstić information content (AvgIpc) is 2.30. The van der Waals surface area contributed by atoms with Crippen LogP contribution in [0, 0.1) is 0 Å². The first-order valence-electron chi connectivity index (χ1n) is 4.31. The van der Waals surface area contributed by atoms with Crippen LogP contribution >= 0.6 is 0 Å². The van der Waals surface area contributed by atoms with Gasteiger partial charge in [0.1, 0.15) is 0 Å². The Morgan fingerprint density at radius 3 is 3.00 bits per heavy atom. The van der Waals surface area contributed by atoms with Crippen LogP contribution < -0.4 is 5.32 Å². The molecule has 2 atom stereocenters. The summed E-state index contributed by atoms with van der Waals surface area (Å²) >= 11 is 0. The summed E-state index contributed by atoms with van der Waals surface area (Å²) in [4.78, 5) is 0. The molecule has 0 radical (unpaired) electrons. The Balaban J connectivity index is 1.91. The van der Waals surface area contributed by atoms with E-state index in [-0.39, 0.29) is 0 Å². The second-order valence-corrected chi connectivity index (χ2v) is 3.30. The van der Waals surface area contributed by atoms with Crippen molar-refractivity contribution in [1.29, 1.82) is 0 Å². The zero-order valence-electron chi connectivity index (χ0n) is 6.31. The van der Waals surface area contributed by atoms with E-state index in [1.54, 1.807) is 0 Å². The largest absolute Gasteiger partial charge is 0.374 e. The van der Waals surface area contributed by atoms with E-state index in [4.69, 9.17) is 4.74 Å². The molecule has 0 spiro atoms. The molecule has 0 aliphatic carbocycles. The maximum absolute atomic E-state index is 5.74. The van der Waals surface area contributed by atoms with Crippen molar-refractivity contribution in [2.24, 2.45) is 0 Å². The molecule has 2 fully saturated rings. The first-order chi connectivity index (χ1) is 4.95. The van der Waals surface area contributed by atoms with Crippen LogP contribution in [0.25, 0.3) is 0 Å². The van der Waals surface area contributed by atoms with Gasteiger partial charge in [0.25, 0.3) is 0 Å². The molecular formula is C8H15NO. The van der Waals surface area contributed by atoms with Crippen LogP contribution in [0.4, 0.5) is 0 Å². The standard InChI is InChI=1S/C8H15NO/c1-2-7-3-4-8(10-7)6-9-5-1/h7-9H,1-6H2. The van der Waals surface area contributed by atoms with Crippen LogP contribution in [0.3, 0.4) is 0 Å². The fourth-order valence-corrected chi connectivity index (χ4v) is 1.86. The van der Waals surface area contributed by atoms with Crippen molar-refractivity contribution in [2.45, 2.75) is 37.9 Å². The monoisotopic (exact) mass is 141 g/mol. The third-order valence-corrected chi connectivity index (χ3v) is 2.45. The van der Waals surface area contributed by atoms with Gasteiger partial charge in [0.2, 0.25) is 0 Å². The van der Waals surface area contributed by atoms with Crippen molar-refractivity contribution in [3.8, 4) is 0 Å². The summed E-state index contributed by atoms with van der Waals surface area (Å²) in [6.45, 7) is 2.27. The van der Waals surface area contributed by atoms with E-state index in [0.29, 0.717) is 12.2 Å². The van der Waals surface area contributed by atoms with E-state index in [0.717, 1.165) is 6.54 Å². The lowest BCUT2D eigenvalue weighted by Crippen LogP contribution is -2.30. The van der Waals surface area contributed by atoms with E-state index in [1.807, 2.05) is 0 Å². The predicted octanol–water partition coefficient (Wildman–Crippen LogP) is 0.917. The summed E-state index contributed by atoms with van der Waals surface area (Å²) in [7, 11) is 0. The minimum Gasteiger partial charge on any atom is -0.374 e. The predicted molar refractivity (Wildman–Crippen MR) is 40.0 cm³/mol. The minimum atomic E-state index is 0.533. The molecule has 2 unspecified atom stereocenters. The molecule has 0 aromatic heterocycles. The molecule has 2 rings (SSSR count). The van der Waals surface area contributed by atoms with Gasteiger partial charge >= 0.3 is 0 Å². The van der Waals surface area contributed by atoms with Crippen molar-refractivity contribution in [3.63, 3.8) is 0 Å². The Labute approximate surface area is 61.9 Å². The summed E-state index contributed by atoms with van der Waals surface area (Å²) in [6.07, 6.45) is 6.27. The summed E-state index contributed by atoms with van der Waals surface area (Å²) in [5.74, 6) is 0. The molecule has 2 bridgehead atoms. The summed E-state index contributed by atoms with van der Waals surface area (Å²) in [5.41, 5.74) is 0. The van der Waals surface area contributed by atoms with Gasteiger partial charge in [-0.25, -0.2) is 0 Å². The molecule has 2 nitrogen and oxygen atoms in total. The third kappa shape index (κ3) is 1.32. The molecule has 58 valence electrons. The fourth-order valence-electron chi connectivity index (χ4n) is 1.86. The van der Waals surface area contributed by atoms with E-state index in [2.05, 4.69) is 5.32 Å². The molecule has 1 N–H and O–H groups in total. The molecule has 0 aromatic carbocycles. The van der Waals surface area contributed by atoms with E-state index in [1.165, 1.54) is 32.2 Å². The quantitative estimate of drug-likeness (QED) is 0.541. The molecule has 2 aliphatic rings. The second kappa shape index (κ2) is 2.89. The highest BCUT2D eigenvalue weighted by atomic mass is 16.5. The first kappa shape index (κ1) is 6.62. The highest BCUT2D eigenvalue weighted by molar-refractivity contribution is 4.77. The lowest BCUT2D eigenvalue weighted by molar-refractivity contribution is 0.0326. The first-order valence-corrected chi connectivity index (χ1v) is 4.31. The van der Waals surface area contributed by atoms with Crippen molar-refractivity contribution in [3.05, 3.63) is 0 Å². The maximum atomic E-state index is 5.74. The van der Waals surface area contributed by atoms with Gasteiger partial charge in [0.05, 0.1) is 12.2 Å². The van der Waals surface area contributed by atoms with Crippen LogP contribution in [-0.4, -0.2) is 25.3 Å². The molecule has 10 heavy (non-hydrogen) atoms. The topological polar surface area (TPSA) is 21.3 Å². The van der Waals surface area contributed by atoms with Gasteiger partial charge < -0.3 is 10.1 Å². The Morgan fingerprint density at radius 1 is 1.10 bits per heavy atom. The smallest absolute Gasteiger partial charge is 0.0704 e. The molecule has 2 heteroatoms. The Hall–Kier alpha value is -0.0800. The molecular weight excluding hydrogens is 126 g/mol. The summed E-state index contributed by atoms with van der Waals surface area (Å²) in [5, 5.41) is 3.39. The van der Waals surface area contributed by atoms with Crippen LogP contribution in [0.1, 0.15) is 25.7 Å². The third-order valence-electron chi connectivity index (χ3n) is 2.45. The van der Waals surface area contributed by atoms with Gasteiger partial charge in [-0.15, -0.1) is 0 Å². The van der Waals surface area contributed by atoms with Crippen molar-refractivity contribution < 1.29 is 4.74 Å². The second-order valence-electron chi connectivity index (χ2n) is 3.30. The van der Waals surface area contributed by atoms with Gasteiger partial charge in [-0.1, -0.05) is 0 Å². The average molecular weight is 141 g/mol. The van der Waals surface area contributed by atoms with E-state index in [9.17, 15) is 0 Å². The van der Waals surface area contributed by atoms with Crippen LogP contribution in [0.2, 0.25) is 0 Å². The Kier molecular flexibility index (Phi) is 1.91. The van der Waals surface area contributed by atoms with Gasteiger partial charge in [0, 0.05) is 6.54 Å². The van der Waals surface area contributed by atoms with Gasteiger partial charge in [0.15, 0.2) is 0 Å². The number of ether oxygens (including phenoxy) is 1. The van der Waals surface area contributed by atoms with E-state index >= 15 is 0 Å². The van der Waals surface area contributed by atoms with E-state index < -0.39 is 0 Å². The normalized spacial score (nSPS) is 40.8. The SMILES string of the molecule is C1CNCC2CCC(C1)O2. The molecule has 0 saturated carbocycles. The van der Waals surface area contributed by atoms with Gasteiger partial charge in [-0.3, -0.25) is 0 Å². The maximum Gasteiger partial charge on any atom is 0.0704 e. The summed E-state index contributed by atoms with van der Waals surface area (Å²) < 4.78 is 5.74. The van der Waals surface area contributed by atoms with Crippen molar-refractivity contribution in [1.82, 2.24) is 5.32 Å². The zero-order chi connectivity index (χ0) is 6.81. The van der Waals surface area contributed by atoms with Gasteiger partial charge in [-0.05, 0) is 32.2 Å². The van der Waals surface area contributed by atoms with Crippen LogP contribution in [0.5, 0.6) is 0 Å². The number of hydrogen-bond donors (Lipinski definition) is 1. The Morgan fingerprint density at radius 2 is 2.00 bits per heavy atom.